The smallest absolute Gasteiger partial charge is 0.267 e. The lowest BCUT2D eigenvalue weighted by Gasteiger charge is -2.06. The van der Waals surface area contributed by atoms with Crippen molar-refractivity contribution in [1.82, 2.24) is 19.5 Å². The molecule has 3 heterocycles. The van der Waals surface area contributed by atoms with Gasteiger partial charge in [0.25, 0.3) is 5.56 Å². The zero-order valence-corrected chi connectivity index (χ0v) is 11.3. The van der Waals surface area contributed by atoms with Crippen LogP contribution in [-0.2, 0) is 0 Å². The summed E-state index contributed by atoms with van der Waals surface area (Å²) < 4.78 is 14.9. The molecular formula is C13H9FN4OS. The molecule has 100 valence electrons. The van der Waals surface area contributed by atoms with Gasteiger partial charge in [-0.25, -0.2) is 19.3 Å². The number of fused-ring (bicyclic) bond motifs is 1. The molecule has 0 saturated carbocycles. The molecule has 0 bridgehead atoms. The fourth-order valence-corrected chi connectivity index (χ4v) is 2.18. The summed E-state index contributed by atoms with van der Waals surface area (Å²) in [7, 11) is 0. The molecule has 0 amide bonds. The lowest BCUT2D eigenvalue weighted by Crippen LogP contribution is -2.20. The Morgan fingerprint density at radius 3 is 2.90 bits per heavy atom. The van der Waals surface area contributed by atoms with Crippen molar-refractivity contribution in [3.05, 3.63) is 53.0 Å². The first-order chi connectivity index (χ1) is 9.70. The van der Waals surface area contributed by atoms with Gasteiger partial charge in [0, 0.05) is 18.6 Å². The SMILES string of the molecule is CSc1ncc2c(=O)n(-c3ncccc3F)ccc2n1. The van der Waals surface area contributed by atoms with Crippen LogP contribution in [0.1, 0.15) is 0 Å². The summed E-state index contributed by atoms with van der Waals surface area (Å²) >= 11 is 1.39. The van der Waals surface area contributed by atoms with E-state index in [9.17, 15) is 9.18 Å². The predicted octanol–water partition coefficient (Wildman–Crippen LogP) is 2.04. The van der Waals surface area contributed by atoms with Crippen LogP contribution in [-0.4, -0.2) is 25.8 Å². The van der Waals surface area contributed by atoms with Crippen molar-refractivity contribution in [1.29, 1.82) is 0 Å². The molecule has 0 fully saturated rings. The van der Waals surface area contributed by atoms with Gasteiger partial charge < -0.3 is 0 Å². The minimum atomic E-state index is -0.560. The van der Waals surface area contributed by atoms with Crippen LogP contribution in [0.2, 0.25) is 0 Å². The van der Waals surface area contributed by atoms with E-state index in [1.807, 2.05) is 6.26 Å². The molecule has 5 nitrogen and oxygen atoms in total. The average Bonchev–Trinajstić information content (AvgIpc) is 2.48. The number of halogens is 1. The molecule has 0 atom stereocenters. The fourth-order valence-electron chi connectivity index (χ4n) is 1.83. The summed E-state index contributed by atoms with van der Waals surface area (Å²) in [5, 5.41) is 0.911. The van der Waals surface area contributed by atoms with E-state index in [-0.39, 0.29) is 5.82 Å². The summed E-state index contributed by atoms with van der Waals surface area (Å²) in [6.07, 6.45) is 6.20. The summed E-state index contributed by atoms with van der Waals surface area (Å²) in [5.41, 5.74) is 0.134. The molecule has 0 saturated heterocycles. The van der Waals surface area contributed by atoms with E-state index >= 15 is 0 Å². The molecule has 0 spiro atoms. The van der Waals surface area contributed by atoms with Gasteiger partial charge >= 0.3 is 0 Å². The van der Waals surface area contributed by atoms with Crippen LogP contribution >= 0.6 is 11.8 Å². The Balaban J connectivity index is 2.27. The van der Waals surface area contributed by atoms with Crippen molar-refractivity contribution < 1.29 is 4.39 Å². The van der Waals surface area contributed by atoms with Gasteiger partial charge in [-0.15, -0.1) is 0 Å². The van der Waals surface area contributed by atoms with Crippen LogP contribution in [0.15, 0.2) is 46.7 Å². The second-order valence-electron chi connectivity index (χ2n) is 3.96. The summed E-state index contributed by atoms with van der Waals surface area (Å²) in [6.45, 7) is 0. The highest BCUT2D eigenvalue weighted by Gasteiger charge is 2.10. The van der Waals surface area contributed by atoms with Crippen molar-refractivity contribution >= 4 is 22.7 Å². The quantitative estimate of drug-likeness (QED) is 0.533. The van der Waals surface area contributed by atoms with E-state index in [2.05, 4.69) is 15.0 Å². The first kappa shape index (κ1) is 12.7. The molecule has 0 aliphatic heterocycles. The van der Waals surface area contributed by atoms with E-state index in [1.165, 1.54) is 42.5 Å². The van der Waals surface area contributed by atoms with Crippen LogP contribution in [0.25, 0.3) is 16.7 Å². The number of pyridine rings is 2. The van der Waals surface area contributed by atoms with E-state index in [1.54, 1.807) is 6.07 Å². The van der Waals surface area contributed by atoms with Crippen molar-refractivity contribution in [2.24, 2.45) is 0 Å². The molecule has 0 N–H and O–H groups in total. The molecule has 3 aromatic rings. The number of hydrogen-bond acceptors (Lipinski definition) is 5. The molecule has 3 aromatic heterocycles. The maximum atomic E-state index is 13.7. The molecule has 3 rings (SSSR count). The Kier molecular flexibility index (Phi) is 3.19. The number of aromatic nitrogens is 4. The molecule has 0 radical (unpaired) electrons. The third kappa shape index (κ3) is 2.05. The number of thioether (sulfide) groups is 1. The van der Waals surface area contributed by atoms with E-state index < -0.39 is 11.4 Å². The van der Waals surface area contributed by atoms with E-state index in [4.69, 9.17) is 0 Å². The first-order valence-corrected chi connectivity index (χ1v) is 6.96. The number of hydrogen-bond donors (Lipinski definition) is 0. The van der Waals surface area contributed by atoms with Crippen LogP contribution in [0.3, 0.4) is 0 Å². The van der Waals surface area contributed by atoms with Gasteiger partial charge in [0.15, 0.2) is 16.8 Å². The normalized spacial score (nSPS) is 10.9. The number of nitrogens with zero attached hydrogens (tertiary/aromatic N) is 4. The molecule has 0 aliphatic rings. The molecule has 0 aliphatic carbocycles. The Bertz CT molecular complexity index is 849. The fraction of sp³-hybridized carbons (Fsp3) is 0.0769. The third-order valence-corrected chi connectivity index (χ3v) is 3.34. The third-order valence-electron chi connectivity index (χ3n) is 2.78. The Hall–Kier alpha value is -2.28. The van der Waals surface area contributed by atoms with Crippen molar-refractivity contribution in [3.63, 3.8) is 0 Å². The maximum Gasteiger partial charge on any atom is 0.267 e. The van der Waals surface area contributed by atoms with Crippen LogP contribution in [0.4, 0.5) is 4.39 Å². The monoisotopic (exact) mass is 288 g/mol. The second-order valence-corrected chi connectivity index (χ2v) is 4.73. The largest absolute Gasteiger partial charge is 0.268 e. The average molecular weight is 288 g/mol. The van der Waals surface area contributed by atoms with E-state index in [0.717, 1.165) is 4.57 Å². The molecule has 20 heavy (non-hydrogen) atoms. The highest BCUT2D eigenvalue weighted by Crippen LogP contribution is 2.14. The lowest BCUT2D eigenvalue weighted by atomic mass is 10.3. The first-order valence-electron chi connectivity index (χ1n) is 5.74. The summed E-state index contributed by atoms with van der Waals surface area (Å²) in [4.78, 5) is 24.5. The Morgan fingerprint density at radius 2 is 2.15 bits per heavy atom. The predicted molar refractivity (Wildman–Crippen MR) is 74.7 cm³/mol. The Morgan fingerprint density at radius 1 is 1.30 bits per heavy atom. The van der Waals surface area contributed by atoms with Gasteiger partial charge in [-0.05, 0) is 24.5 Å². The minimum absolute atomic E-state index is 0.0339. The van der Waals surface area contributed by atoms with Crippen molar-refractivity contribution in [2.75, 3.05) is 6.26 Å². The Labute approximate surface area is 117 Å². The zero-order chi connectivity index (χ0) is 14.1. The minimum Gasteiger partial charge on any atom is -0.268 e. The summed E-state index contributed by atoms with van der Waals surface area (Å²) in [6, 6.07) is 4.37. The van der Waals surface area contributed by atoms with Gasteiger partial charge in [0.1, 0.15) is 0 Å². The summed E-state index contributed by atoms with van der Waals surface area (Å²) in [5.74, 6) is -0.594. The van der Waals surface area contributed by atoms with Gasteiger partial charge in [-0.1, -0.05) is 11.8 Å². The van der Waals surface area contributed by atoms with Gasteiger partial charge in [-0.3, -0.25) is 9.36 Å². The van der Waals surface area contributed by atoms with Crippen molar-refractivity contribution in [3.8, 4) is 5.82 Å². The molecule has 0 aromatic carbocycles. The molecule has 7 heteroatoms. The highest BCUT2D eigenvalue weighted by atomic mass is 32.2. The standard InChI is InChI=1S/C13H9FN4OS/c1-20-13-16-7-8-10(17-13)4-6-18(12(8)19)11-9(14)3-2-5-15-11/h2-7H,1H3. The van der Waals surface area contributed by atoms with Crippen molar-refractivity contribution in [2.45, 2.75) is 5.16 Å². The maximum absolute atomic E-state index is 13.7. The molecule has 0 unspecified atom stereocenters. The zero-order valence-electron chi connectivity index (χ0n) is 10.4. The molecular weight excluding hydrogens is 279 g/mol. The highest BCUT2D eigenvalue weighted by molar-refractivity contribution is 7.98. The second kappa shape index (κ2) is 5.01. The van der Waals surface area contributed by atoms with Crippen LogP contribution in [0.5, 0.6) is 0 Å². The van der Waals surface area contributed by atoms with Crippen LogP contribution < -0.4 is 5.56 Å². The van der Waals surface area contributed by atoms with Gasteiger partial charge in [0.05, 0.1) is 10.9 Å². The topological polar surface area (TPSA) is 60.7 Å². The van der Waals surface area contributed by atoms with Gasteiger partial charge in [0.2, 0.25) is 0 Å². The number of rotatable bonds is 2. The van der Waals surface area contributed by atoms with Crippen LogP contribution in [0, 0.1) is 5.82 Å². The van der Waals surface area contributed by atoms with Gasteiger partial charge in [-0.2, -0.15) is 0 Å². The lowest BCUT2D eigenvalue weighted by molar-refractivity contribution is 0.607. The van der Waals surface area contributed by atoms with E-state index in [0.29, 0.717) is 16.1 Å².